The number of hydrogen-bond acceptors (Lipinski definition) is 3. The van der Waals surface area contributed by atoms with E-state index in [9.17, 15) is 4.79 Å². The molecule has 1 N–H and O–H groups in total. The SMILES string of the molecule is CCC(C)c1ccc(-n2c(C)cc(/C=C3/C(=N)N4C(C)=CSC4=NC3=O)c2C)cc1. The first kappa shape index (κ1) is 20.4. The first-order chi connectivity index (χ1) is 14.3. The number of benzene rings is 1. The highest BCUT2D eigenvalue weighted by Crippen LogP contribution is 2.32. The van der Waals surface area contributed by atoms with Gasteiger partial charge in [-0.2, -0.15) is 4.99 Å². The monoisotopic (exact) mass is 418 g/mol. The molecule has 0 spiro atoms. The number of aryl methyl sites for hydroxylation is 1. The lowest BCUT2D eigenvalue weighted by Crippen LogP contribution is -2.37. The van der Waals surface area contributed by atoms with Crippen molar-refractivity contribution in [2.24, 2.45) is 4.99 Å². The lowest BCUT2D eigenvalue weighted by atomic mass is 9.98. The smallest absolute Gasteiger partial charge is 0.283 e. The highest BCUT2D eigenvalue weighted by molar-refractivity contribution is 8.16. The first-order valence-electron chi connectivity index (χ1n) is 10.2. The van der Waals surface area contributed by atoms with E-state index in [0.29, 0.717) is 16.7 Å². The largest absolute Gasteiger partial charge is 0.318 e. The van der Waals surface area contributed by atoms with Crippen molar-refractivity contribution >= 4 is 34.7 Å². The van der Waals surface area contributed by atoms with Crippen LogP contribution in [-0.4, -0.2) is 26.4 Å². The fourth-order valence-corrected chi connectivity index (χ4v) is 4.77. The minimum atomic E-state index is -0.357. The van der Waals surface area contributed by atoms with Gasteiger partial charge in [0.25, 0.3) is 5.91 Å². The van der Waals surface area contributed by atoms with Gasteiger partial charge in [0, 0.05) is 22.8 Å². The molecule has 2 aliphatic rings. The van der Waals surface area contributed by atoms with Crippen LogP contribution >= 0.6 is 11.8 Å². The molecule has 0 saturated heterocycles. The number of amides is 1. The molecule has 0 saturated carbocycles. The lowest BCUT2D eigenvalue weighted by molar-refractivity contribution is -0.114. The minimum absolute atomic E-state index is 0.187. The predicted molar refractivity (Wildman–Crippen MR) is 125 cm³/mol. The zero-order valence-electron chi connectivity index (χ0n) is 18.0. The highest BCUT2D eigenvalue weighted by Gasteiger charge is 2.34. The van der Waals surface area contributed by atoms with Gasteiger partial charge in [0.1, 0.15) is 5.84 Å². The number of thioether (sulfide) groups is 1. The maximum atomic E-state index is 12.6. The quantitative estimate of drug-likeness (QED) is 0.641. The van der Waals surface area contributed by atoms with Crippen molar-refractivity contribution in [1.29, 1.82) is 5.41 Å². The summed E-state index contributed by atoms with van der Waals surface area (Å²) in [6, 6.07) is 10.7. The zero-order valence-corrected chi connectivity index (χ0v) is 18.8. The molecular weight excluding hydrogens is 392 g/mol. The molecule has 2 aliphatic heterocycles. The normalized spacial score (nSPS) is 18.6. The molecule has 3 heterocycles. The Morgan fingerprint density at radius 1 is 1.20 bits per heavy atom. The van der Waals surface area contributed by atoms with Crippen molar-refractivity contribution in [1.82, 2.24) is 9.47 Å². The Morgan fingerprint density at radius 3 is 2.57 bits per heavy atom. The van der Waals surface area contributed by atoms with Gasteiger partial charge in [0.15, 0.2) is 5.17 Å². The average molecular weight is 419 g/mol. The molecule has 6 heteroatoms. The predicted octanol–water partition coefficient (Wildman–Crippen LogP) is 5.77. The van der Waals surface area contributed by atoms with Gasteiger partial charge in [-0.25, -0.2) is 0 Å². The average Bonchev–Trinajstić information content (AvgIpc) is 3.23. The van der Waals surface area contributed by atoms with Crippen LogP contribution in [0.25, 0.3) is 11.8 Å². The number of fused-ring (bicyclic) bond motifs is 1. The summed E-state index contributed by atoms with van der Waals surface area (Å²) in [5, 5.41) is 11.0. The van der Waals surface area contributed by atoms with Crippen LogP contribution < -0.4 is 0 Å². The molecule has 30 heavy (non-hydrogen) atoms. The summed E-state index contributed by atoms with van der Waals surface area (Å²) in [5.74, 6) is 0.372. The van der Waals surface area contributed by atoms with Crippen molar-refractivity contribution in [2.75, 3.05) is 0 Å². The van der Waals surface area contributed by atoms with Crippen LogP contribution in [-0.2, 0) is 4.79 Å². The lowest BCUT2D eigenvalue weighted by Gasteiger charge is -2.25. The summed E-state index contributed by atoms with van der Waals surface area (Å²) < 4.78 is 2.19. The van der Waals surface area contributed by atoms with Crippen LogP contribution in [0, 0.1) is 19.3 Å². The summed E-state index contributed by atoms with van der Waals surface area (Å²) >= 11 is 1.38. The number of amidine groups is 2. The van der Waals surface area contributed by atoms with E-state index >= 15 is 0 Å². The van der Waals surface area contributed by atoms with E-state index < -0.39 is 0 Å². The van der Waals surface area contributed by atoms with Crippen LogP contribution in [0.3, 0.4) is 0 Å². The molecule has 154 valence electrons. The van der Waals surface area contributed by atoms with Gasteiger partial charge < -0.3 is 4.57 Å². The molecular formula is C24H26N4OS. The summed E-state index contributed by atoms with van der Waals surface area (Å²) in [5.41, 5.74) is 6.72. The molecule has 0 bridgehead atoms. The Morgan fingerprint density at radius 2 is 1.90 bits per heavy atom. The van der Waals surface area contributed by atoms with Crippen molar-refractivity contribution in [3.8, 4) is 5.69 Å². The van der Waals surface area contributed by atoms with Crippen molar-refractivity contribution < 1.29 is 4.79 Å². The third-order valence-electron chi connectivity index (χ3n) is 5.89. The maximum Gasteiger partial charge on any atom is 0.283 e. The number of nitrogens with zero attached hydrogens (tertiary/aromatic N) is 3. The number of rotatable bonds is 4. The van der Waals surface area contributed by atoms with Gasteiger partial charge in [-0.3, -0.25) is 15.1 Å². The molecule has 0 aliphatic carbocycles. The van der Waals surface area contributed by atoms with Crippen molar-refractivity contribution in [3.63, 3.8) is 0 Å². The number of carbonyl (C=O) groups is 1. The fraction of sp³-hybridized carbons (Fsp3) is 0.292. The van der Waals surface area contributed by atoms with E-state index in [1.54, 1.807) is 11.0 Å². The molecule has 1 aromatic carbocycles. The van der Waals surface area contributed by atoms with E-state index in [1.807, 2.05) is 19.3 Å². The maximum absolute atomic E-state index is 12.6. The molecule has 0 radical (unpaired) electrons. The molecule has 1 unspecified atom stereocenters. The molecule has 1 amide bonds. The zero-order chi connectivity index (χ0) is 21.6. The molecule has 1 aromatic heterocycles. The van der Waals surface area contributed by atoms with E-state index in [4.69, 9.17) is 5.41 Å². The number of aliphatic imine (C=N–C) groups is 1. The first-order valence-corrected chi connectivity index (χ1v) is 11.1. The third-order valence-corrected chi connectivity index (χ3v) is 6.83. The number of nitrogens with one attached hydrogen (secondary N) is 1. The van der Waals surface area contributed by atoms with Gasteiger partial charge in [0.2, 0.25) is 0 Å². The summed E-state index contributed by atoms with van der Waals surface area (Å²) in [7, 11) is 0. The van der Waals surface area contributed by atoms with Crippen LogP contribution in [0.2, 0.25) is 0 Å². The topological polar surface area (TPSA) is 61.5 Å². The molecule has 1 atom stereocenters. The number of carbonyl (C=O) groups excluding carboxylic acids is 1. The second-order valence-corrected chi connectivity index (χ2v) is 8.72. The molecule has 4 rings (SSSR count). The van der Waals surface area contributed by atoms with Crippen LogP contribution in [0.5, 0.6) is 0 Å². The van der Waals surface area contributed by atoms with Crippen LogP contribution in [0.15, 0.2) is 52.0 Å². The highest BCUT2D eigenvalue weighted by atomic mass is 32.2. The van der Waals surface area contributed by atoms with Crippen molar-refractivity contribution in [3.05, 3.63) is 69.5 Å². The van der Waals surface area contributed by atoms with E-state index in [-0.39, 0.29) is 11.7 Å². The van der Waals surface area contributed by atoms with E-state index in [0.717, 1.165) is 34.8 Å². The minimum Gasteiger partial charge on any atom is -0.318 e. The second-order valence-electron chi connectivity index (χ2n) is 7.88. The third kappa shape index (κ3) is 3.35. The molecule has 0 fully saturated rings. The van der Waals surface area contributed by atoms with Crippen LogP contribution in [0.4, 0.5) is 0 Å². The summed E-state index contributed by atoms with van der Waals surface area (Å²) in [6.07, 6.45) is 2.92. The summed E-state index contributed by atoms with van der Waals surface area (Å²) in [6.45, 7) is 10.5. The molecule has 5 nitrogen and oxygen atoms in total. The second kappa shape index (κ2) is 7.76. The van der Waals surface area contributed by atoms with Crippen molar-refractivity contribution in [2.45, 2.75) is 47.0 Å². The Kier molecular flexibility index (Phi) is 5.28. The van der Waals surface area contributed by atoms with Gasteiger partial charge in [-0.1, -0.05) is 37.7 Å². The molecule has 2 aromatic rings. The Bertz CT molecular complexity index is 1130. The number of allylic oxidation sites excluding steroid dienone is 1. The van der Waals surface area contributed by atoms with Gasteiger partial charge >= 0.3 is 0 Å². The number of hydrogen-bond donors (Lipinski definition) is 1. The Balaban J connectivity index is 1.72. The summed E-state index contributed by atoms with van der Waals surface area (Å²) in [4.78, 5) is 18.5. The van der Waals surface area contributed by atoms with E-state index in [2.05, 4.69) is 60.7 Å². The van der Waals surface area contributed by atoms with Gasteiger partial charge in [-0.15, -0.1) is 0 Å². The van der Waals surface area contributed by atoms with E-state index in [1.165, 1.54) is 17.3 Å². The fourth-order valence-electron chi connectivity index (χ4n) is 3.92. The standard InChI is InChI=1S/C24H26N4OS/c1-6-14(2)18-7-9-20(10-8-18)27-15(3)11-19(17(27)5)12-21-22(25)28-16(4)13-30-24(28)26-23(21)29/h7-14,25H,6H2,1-5H3/b21-12-,25-22?. The number of aromatic nitrogens is 1. The van der Waals surface area contributed by atoms with Crippen LogP contribution in [0.1, 0.15) is 55.6 Å². The Hall–Kier alpha value is -2.86. The van der Waals surface area contributed by atoms with Gasteiger partial charge in [-0.05, 0) is 73.9 Å². The Labute approximate surface area is 181 Å². The van der Waals surface area contributed by atoms with Gasteiger partial charge in [0.05, 0.1) is 5.57 Å².